The standard InChI is InChI=1S/C16H27N3O/c1-4-19(5-2)16(20)13-18(3)12-15(11-17)14-9-7-6-8-10-14/h6-10,15H,4-5,11-13,17H2,1-3H3. The largest absolute Gasteiger partial charge is 0.342 e. The van der Waals surface area contributed by atoms with E-state index < -0.39 is 0 Å². The number of rotatable bonds is 8. The van der Waals surface area contributed by atoms with E-state index in [9.17, 15) is 4.79 Å². The van der Waals surface area contributed by atoms with E-state index >= 15 is 0 Å². The molecule has 0 saturated heterocycles. The van der Waals surface area contributed by atoms with E-state index in [1.807, 2.05) is 44.0 Å². The first-order valence-corrected chi connectivity index (χ1v) is 7.33. The lowest BCUT2D eigenvalue weighted by atomic mass is 9.99. The van der Waals surface area contributed by atoms with Crippen LogP contribution < -0.4 is 5.73 Å². The normalized spacial score (nSPS) is 12.4. The number of likely N-dealkylation sites (N-methyl/N-ethyl adjacent to an activating group) is 2. The maximum absolute atomic E-state index is 12.1. The number of nitrogens with two attached hydrogens (primary N) is 1. The molecule has 4 heteroatoms. The summed E-state index contributed by atoms with van der Waals surface area (Å²) in [4.78, 5) is 16.0. The molecule has 0 radical (unpaired) electrons. The summed E-state index contributed by atoms with van der Waals surface area (Å²) < 4.78 is 0. The molecule has 0 aliphatic rings. The number of carbonyl (C=O) groups excluding carboxylic acids is 1. The Kier molecular flexibility index (Phi) is 7.26. The molecule has 0 aliphatic carbocycles. The van der Waals surface area contributed by atoms with Gasteiger partial charge in [-0.2, -0.15) is 0 Å². The van der Waals surface area contributed by atoms with Gasteiger partial charge < -0.3 is 10.6 Å². The monoisotopic (exact) mass is 277 g/mol. The fraction of sp³-hybridized carbons (Fsp3) is 0.562. The molecular weight excluding hydrogens is 250 g/mol. The fourth-order valence-corrected chi connectivity index (χ4v) is 2.39. The summed E-state index contributed by atoms with van der Waals surface area (Å²) >= 11 is 0. The first-order valence-electron chi connectivity index (χ1n) is 7.33. The Balaban J connectivity index is 2.56. The number of amides is 1. The van der Waals surface area contributed by atoms with Crippen molar-refractivity contribution in [3.63, 3.8) is 0 Å². The molecule has 4 nitrogen and oxygen atoms in total. The van der Waals surface area contributed by atoms with E-state index in [-0.39, 0.29) is 11.8 Å². The van der Waals surface area contributed by atoms with E-state index in [0.29, 0.717) is 13.1 Å². The number of benzene rings is 1. The van der Waals surface area contributed by atoms with Gasteiger partial charge in [0.2, 0.25) is 5.91 Å². The van der Waals surface area contributed by atoms with Crippen LogP contribution in [0.1, 0.15) is 25.3 Å². The van der Waals surface area contributed by atoms with Gasteiger partial charge in [0, 0.05) is 32.1 Å². The lowest BCUT2D eigenvalue weighted by Crippen LogP contribution is -2.40. The summed E-state index contributed by atoms with van der Waals surface area (Å²) in [7, 11) is 1.98. The van der Waals surface area contributed by atoms with Crippen LogP contribution in [0.5, 0.6) is 0 Å². The molecule has 0 saturated carbocycles. The van der Waals surface area contributed by atoms with Crippen LogP contribution >= 0.6 is 0 Å². The third kappa shape index (κ3) is 4.94. The minimum atomic E-state index is 0.182. The predicted octanol–water partition coefficient (Wildman–Crippen LogP) is 1.53. The van der Waals surface area contributed by atoms with E-state index in [4.69, 9.17) is 5.73 Å². The van der Waals surface area contributed by atoms with Crippen LogP contribution in [0.15, 0.2) is 30.3 Å². The zero-order chi connectivity index (χ0) is 15.0. The Morgan fingerprint density at radius 1 is 1.20 bits per heavy atom. The zero-order valence-corrected chi connectivity index (χ0v) is 12.9. The Morgan fingerprint density at radius 2 is 1.80 bits per heavy atom. The second-order valence-electron chi connectivity index (χ2n) is 5.11. The van der Waals surface area contributed by atoms with Crippen LogP contribution in [0.3, 0.4) is 0 Å². The summed E-state index contributed by atoms with van der Waals surface area (Å²) in [5.41, 5.74) is 7.11. The molecule has 0 heterocycles. The Bertz CT molecular complexity index is 390. The highest BCUT2D eigenvalue weighted by atomic mass is 16.2. The lowest BCUT2D eigenvalue weighted by Gasteiger charge is -2.26. The smallest absolute Gasteiger partial charge is 0.236 e. The van der Waals surface area contributed by atoms with E-state index in [0.717, 1.165) is 19.6 Å². The van der Waals surface area contributed by atoms with Gasteiger partial charge in [0.1, 0.15) is 0 Å². The van der Waals surface area contributed by atoms with Crippen molar-refractivity contribution in [2.24, 2.45) is 5.73 Å². The number of hydrogen-bond donors (Lipinski definition) is 1. The van der Waals surface area contributed by atoms with Crippen LogP contribution in [0.2, 0.25) is 0 Å². The molecule has 1 aromatic rings. The van der Waals surface area contributed by atoms with Crippen molar-refractivity contribution in [3.05, 3.63) is 35.9 Å². The Morgan fingerprint density at radius 3 is 2.30 bits per heavy atom. The molecule has 112 valence electrons. The van der Waals surface area contributed by atoms with Crippen molar-refractivity contribution < 1.29 is 4.79 Å². The van der Waals surface area contributed by atoms with Gasteiger partial charge >= 0.3 is 0 Å². The third-order valence-electron chi connectivity index (χ3n) is 3.61. The van der Waals surface area contributed by atoms with Gasteiger partial charge in [0.25, 0.3) is 0 Å². The van der Waals surface area contributed by atoms with E-state index in [1.165, 1.54) is 5.56 Å². The van der Waals surface area contributed by atoms with Gasteiger partial charge in [-0.3, -0.25) is 9.69 Å². The first kappa shape index (κ1) is 16.7. The molecular formula is C16H27N3O. The molecule has 0 spiro atoms. The van der Waals surface area contributed by atoms with Crippen LogP contribution in [0.25, 0.3) is 0 Å². The van der Waals surface area contributed by atoms with Crippen molar-refractivity contribution in [1.82, 2.24) is 9.80 Å². The molecule has 0 aliphatic heterocycles. The minimum absolute atomic E-state index is 0.182. The first-order chi connectivity index (χ1) is 9.62. The van der Waals surface area contributed by atoms with E-state index in [2.05, 4.69) is 17.0 Å². The highest BCUT2D eigenvalue weighted by molar-refractivity contribution is 5.78. The lowest BCUT2D eigenvalue weighted by molar-refractivity contribution is -0.131. The number of carbonyl (C=O) groups is 1. The van der Waals surface area contributed by atoms with Crippen LogP contribution in [-0.4, -0.2) is 55.5 Å². The minimum Gasteiger partial charge on any atom is -0.342 e. The Hall–Kier alpha value is -1.39. The summed E-state index contributed by atoms with van der Waals surface area (Å²) in [5, 5.41) is 0. The summed E-state index contributed by atoms with van der Waals surface area (Å²) in [6, 6.07) is 10.2. The quantitative estimate of drug-likeness (QED) is 0.784. The zero-order valence-electron chi connectivity index (χ0n) is 12.9. The van der Waals surface area contributed by atoms with Crippen LogP contribution in [0.4, 0.5) is 0 Å². The molecule has 1 aromatic carbocycles. The molecule has 1 amide bonds. The van der Waals surface area contributed by atoms with Gasteiger partial charge in [-0.1, -0.05) is 30.3 Å². The highest BCUT2D eigenvalue weighted by Gasteiger charge is 2.16. The summed E-state index contributed by atoms with van der Waals surface area (Å²) in [6.07, 6.45) is 0. The van der Waals surface area contributed by atoms with Crippen molar-refractivity contribution in [2.75, 3.05) is 39.8 Å². The van der Waals surface area contributed by atoms with Crippen LogP contribution in [-0.2, 0) is 4.79 Å². The summed E-state index contributed by atoms with van der Waals surface area (Å²) in [6.45, 7) is 7.39. The third-order valence-corrected chi connectivity index (χ3v) is 3.61. The molecule has 0 aromatic heterocycles. The average Bonchev–Trinajstić information content (AvgIpc) is 2.47. The van der Waals surface area contributed by atoms with Crippen molar-refractivity contribution in [2.45, 2.75) is 19.8 Å². The van der Waals surface area contributed by atoms with Crippen molar-refractivity contribution in [3.8, 4) is 0 Å². The topological polar surface area (TPSA) is 49.6 Å². The second kappa shape index (κ2) is 8.72. The SMILES string of the molecule is CCN(CC)C(=O)CN(C)CC(CN)c1ccccc1. The molecule has 1 rings (SSSR count). The maximum Gasteiger partial charge on any atom is 0.236 e. The number of nitrogens with zero attached hydrogens (tertiary/aromatic N) is 2. The molecule has 0 fully saturated rings. The predicted molar refractivity (Wildman–Crippen MR) is 83.7 cm³/mol. The molecule has 2 N–H and O–H groups in total. The molecule has 1 unspecified atom stereocenters. The van der Waals surface area contributed by atoms with Gasteiger partial charge in [-0.15, -0.1) is 0 Å². The highest BCUT2D eigenvalue weighted by Crippen LogP contribution is 2.15. The maximum atomic E-state index is 12.1. The van der Waals surface area contributed by atoms with Gasteiger partial charge in [0.15, 0.2) is 0 Å². The van der Waals surface area contributed by atoms with Gasteiger partial charge in [0.05, 0.1) is 6.54 Å². The molecule has 1 atom stereocenters. The average molecular weight is 277 g/mol. The van der Waals surface area contributed by atoms with Crippen molar-refractivity contribution >= 4 is 5.91 Å². The van der Waals surface area contributed by atoms with Gasteiger partial charge in [-0.05, 0) is 26.5 Å². The second-order valence-corrected chi connectivity index (χ2v) is 5.11. The molecule has 0 bridgehead atoms. The van der Waals surface area contributed by atoms with E-state index in [1.54, 1.807) is 0 Å². The van der Waals surface area contributed by atoms with Crippen LogP contribution in [0, 0.1) is 0 Å². The number of hydrogen-bond acceptors (Lipinski definition) is 3. The van der Waals surface area contributed by atoms with Crippen molar-refractivity contribution in [1.29, 1.82) is 0 Å². The molecule has 20 heavy (non-hydrogen) atoms. The van der Waals surface area contributed by atoms with Gasteiger partial charge in [-0.25, -0.2) is 0 Å². The Labute approximate surface area is 122 Å². The fourth-order valence-electron chi connectivity index (χ4n) is 2.39. The summed E-state index contributed by atoms with van der Waals surface area (Å²) in [5.74, 6) is 0.451.